The van der Waals surface area contributed by atoms with E-state index in [-0.39, 0.29) is 6.04 Å². The third kappa shape index (κ3) is 5.49. The van der Waals surface area contributed by atoms with Crippen molar-refractivity contribution >= 4 is 29.4 Å². The third-order valence-corrected chi connectivity index (χ3v) is 3.94. The average molecular weight is 370 g/mol. The van der Waals surface area contributed by atoms with Crippen LogP contribution >= 0.6 is 11.6 Å². The van der Waals surface area contributed by atoms with E-state index in [1.54, 1.807) is 6.07 Å². The molecule has 0 radical (unpaired) electrons. The Bertz CT molecular complexity index is 645. The van der Waals surface area contributed by atoms with Crippen LogP contribution in [-0.4, -0.2) is 48.9 Å². The lowest BCUT2D eigenvalue weighted by molar-refractivity contribution is 0.0498. The van der Waals surface area contributed by atoms with Gasteiger partial charge in [0.25, 0.3) is 0 Å². The van der Waals surface area contributed by atoms with Gasteiger partial charge in [-0.3, -0.25) is 0 Å². The first kappa shape index (κ1) is 19.3. The van der Waals surface area contributed by atoms with Crippen molar-refractivity contribution < 1.29 is 19.1 Å². The molecule has 0 aromatic carbocycles. The van der Waals surface area contributed by atoms with Gasteiger partial charge in [0.1, 0.15) is 16.3 Å². The van der Waals surface area contributed by atoms with Crippen molar-refractivity contribution in [3.8, 4) is 0 Å². The molecule has 1 aliphatic rings. The second kappa shape index (κ2) is 7.91. The van der Waals surface area contributed by atoms with Crippen LogP contribution < -0.4 is 10.2 Å². The van der Waals surface area contributed by atoms with Gasteiger partial charge in [0.05, 0.1) is 12.8 Å². The van der Waals surface area contributed by atoms with Crippen LogP contribution in [0.2, 0.25) is 5.15 Å². The minimum Gasteiger partial charge on any atom is -0.465 e. The molecule has 0 aliphatic carbocycles. The zero-order chi connectivity index (χ0) is 18.6. The topological polar surface area (TPSA) is 80.8 Å². The van der Waals surface area contributed by atoms with Gasteiger partial charge in [-0.2, -0.15) is 0 Å². The lowest BCUT2D eigenvalue weighted by Gasteiger charge is -2.35. The number of amides is 1. The Kier molecular flexibility index (Phi) is 6.11. The molecule has 1 atom stereocenters. The van der Waals surface area contributed by atoms with Crippen molar-refractivity contribution in [1.82, 2.24) is 10.3 Å². The highest BCUT2D eigenvalue weighted by Gasteiger charge is 2.27. The van der Waals surface area contributed by atoms with Gasteiger partial charge in [-0.25, -0.2) is 14.6 Å². The number of piperidine rings is 1. The molecule has 2 rings (SSSR count). The van der Waals surface area contributed by atoms with E-state index in [9.17, 15) is 9.59 Å². The number of methoxy groups -OCH3 is 1. The zero-order valence-electron chi connectivity index (χ0n) is 15.0. The number of alkyl carbamates (subject to hydrolysis) is 1. The Morgan fingerprint density at radius 2 is 2.12 bits per heavy atom. The number of pyridine rings is 1. The molecule has 0 bridgehead atoms. The minimum atomic E-state index is -0.547. The molecule has 1 saturated heterocycles. The molecule has 138 valence electrons. The Labute approximate surface area is 152 Å². The van der Waals surface area contributed by atoms with E-state index >= 15 is 0 Å². The van der Waals surface area contributed by atoms with Crippen molar-refractivity contribution in [2.45, 2.75) is 45.3 Å². The maximum absolute atomic E-state index is 12.0. The second-order valence-electron chi connectivity index (χ2n) is 6.95. The minimum absolute atomic E-state index is 0.0824. The van der Waals surface area contributed by atoms with E-state index in [0.29, 0.717) is 22.9 Å². The summed E-state index contributed by atoms with van der Waals surface area (Å²) >= 11 is 6.00. The van der Waals surface area contributed by atoms with Crippen LogP contribution in [-0.2, 0) is 9.47 Å². The van der Waals surface area contributed by atoms with Crippen molar-refractivity contribution in [3.05, 3.63) is 23.0 Å². The molecule has 1 amide bonds. The summed E-state index contributed by atoms with van der Waals surface area (Å²) in [5, 5.41) is 3.18. The predicted octanol–water partition coefficient (Wildman–Crippen LogP) is 3.02. The zero-order valence-corrected chi connectivity index (χ0v) is 15.7. The molecule has 2 heterocycles. The smallest absolute Gasteiger partial charge is 0.407 e. The fourth-order valence-corrected chi connectivity index (χ4v) is 2.89. The first-order chi connectivity index (χ1) is 11.7. The van der Waals surface area contributed by atoms with E-state index in [0.717, 1.165) is 19.4 Å². The molecule has 0 unspecified atom stereocenters. The number of carbonyl (C=O) groups excluding carboxylic acids is 2. The fraction of sp³-hybridized carbons (Fsp3) is 0.588. The molecular formula is C17H24ClN3O4. The number of halogens is 1. The van der Waals surface area contributed by atoms with Gasteiger partial charge in [0, 0.05) is 25.3 Å². The summed E-state index contributed by atoms with van der Waals surface area (Å²) in [6, 6.07) is 1.56. The maximum atomic E-state index is 12.0. The summed E-state index contributed by atoms with van der Waals surface area (Å²) in [6.07, 6.45) is 2.66. The summed E-state index contributed by atoms with van der Waals surface area (Å²) in [4.78, 5) is 29.9. The van der Waals surface area contributed by atoms with Gasteiger partial charge in [-0.15, -0.1) is 0 Å². The molecule has 25 heavy (non-hydrogen) atoms. The van der Waals surface area contributed by atoms with Crippen molar-refractivity contribution in [2.24, 2.45) is 0 Å². The second-order valence-corrected chi connectivity index (χ2v) is 7.33. The van der Waals surface area contributed by atoms with Gasteiger partial charge in [-0.05, 0) is 39.7 Å². The van der Waals surface area contributed by atoms with Crippen LogP contribution in [0, 0.1) is 0 Å². The number of aromatic nitrogens is 1. The van der Waals surface area contributed by atoms with Gasteiger partial charge >= 0.3 is 12.1 Å². The van der Waals surface area contributed by atoms with Crippen LogP contribution in [0.15, 0.2) is 12.3 Å². The summed E-state index contributed by atoms with van der Waals surface area (Å²) in [6.45, 7) is 6.75. The molecule has 1 aliphatic heterocycles. The summed E-state index contributed by atoms with van der Waals surface area (Å²) in [5.74, 6) is -0.471. The maximum Gasteiger partial charge on any atom is 0.407 e. The van der Waals surface area contributed by atoms with E-state index in [4.69, 9.17) is 21.1 Å². The fourth-order valence-electron chi connectivity index (χ4n) is 2.74. The monoisotopic (exact) mass is 369 g/mol. The largest absolute Gasteiger partial charge is 0.465 e. The van der Waals surface area contributed by atoms with Crippen LogP contribution in [0.4, 0.5) is 10.5 Å². The van der Waals surface area contributed by atoms with Gasteiger partial charge in [0.15, 0.2) is 0 Å². The number of anilines is 1. The highest BCUT2D eigenvalue weighted by atomic mass is 35.5. The van der Waals surface area contributed by atoms with Crippen molar-refractivity contribution in [2.75, 3.05) is 25.1 Å². The average Bonchev–Trinajstić information content (AvgIpc) is 2.52. The molecule has 0 saturated carbocycles. The summed E-state index contributed by atoms with van der Waals surface area (Å²) in [5.41, 5.74) is 0.460. The van der Waals surface area contributed by atoms with E-state index < -0.39 is 17.7 Å². The molecule has 0 spiro atoms. The standard InChI is InChI=1S/C17H24ClN3O4/c1-17(2,3)25-16(23)20-11-6-5-7-21(10-11)13-8-14(18)19-9-12(13)15(22)24-4/h8-9,11H,5-7,10H2,1-4H3,(H,20,23)/t11-/m1/s1. The Morgan fingerprint density at radius 3 is 2.76 bits per heavy atom. The number of rotatable bonds is 3. The van der Waals surface area contributed by atoms with E-state index in [2.05, 4.69) is 10.3 Å². The highest BCUT2D eigenvalue weighted by molar-refractivity contribution is 6.29. The molecule has 8 heteroatoms. The number of ether oxygens (including phenoxy) is 2. The Balaban J connectivity index is 2.12. The van der Waals surface area contributed by atoms with Crippen LogP contribution in [0.3, 0.4) is 0 Å². The number of nitrogens with zero attached hydrogens (tertiary/aromatic N) is 2. The molecule has 1 aromatic heterocycles. The van der Waals surface area contributed by atoms with E-state index in [1.807, 2.05) is 25.7 Å². The van der Waals surface area contributed by atoms with Crippen LogP contribution in [0.25, 0.3) is 0 Å². The third-order valence-electron chi connectivity index (χ3n) is 3.74. The molecular weight excluding hydrogens is 346 g/mol. The SMILES string of the molecule is COC(=O)c1cnc(Cl)cc1N1CCC[C@@H](NC(=O)OC(C)(C)C)C1. The normalized spacial score (nSPS) is 17.8. The van der Waals surface area contributed by atoms with E-state index in [1.165, 1.54) is 13.3 Å². The number of hydrogen-bond donors (Lipinski definition) is 1. The van der Waals surface area contributed by atoms with Crippen LogP contribution in [0.1, 0.15) is 44.0 Å². The molecule has 1 N–H and O–H groups in total. The molecule has 1 aromatic rings. The lowest BCUT2D eigenvalue weighted by Crippen LogP contribution is -2.49. The highest BCUT2D eigenvalue weighted by Crippen LogP contribution is 2.27. The first-order valence-electron chi connectivity index (χ1n) is 8.18. The number of hydrogen-bond acceptors (Lipinski definition) is 6. The van der Waals surface area contributed by atoms with Gasteiger partial charge < -0.3 is 19.7 Å². The summed E-state index contributed by atoms with van der Waals surface area (Å²) < 4.78 is 10.1. The summed E-state index contributed by atoms with van der Waals surface area (Å²) in [7, 11) is 1.32. The quantitative estimate of drug-likeness (QED) is 0.651. The molecule has 1 fully saturated rings. The number of carbonyl (C=O) groups is 2. The molecule has 7 nitrogen and oxygen atoms in total. The predicted molar refractivity (Wildman–Crippen MR) is 95.2 cm³/mol. The number of nitrogens with one attached hydrogen (secondary N) is 1. The lowest BCUT2D eigenvalue weighted by atomic mass is 10.0. The van der Waals surface area contributed by atoms with Crippen LogP contribution in [0.5, 0.6) is 0 Å². The van der Waals surface area contributed by atoms with Gasteiger partial charge in [0.2, 0.25) is 0 Å². The first-order valence-corrected chi connectivity index (χ1v) is 8.55. The van der Waals surface area contributed by atoms with Crippen molar-refractivity contribution in [3.63, 3.8) is 0 Å². The van der Waals surface area contributed by atoms with Gasteiger partial charge in [-0.1, -0.05) is 11.6 Å². The Morgan fingerprint density at radius 1 is 1.40 bits per heavy atom. The number of esters is 1. The Hall–Kier alpha value is -2.02. The van der Waals surface area contributed by atoms with Crippen molar-refractivity contribution in [1.29, 1.82) is 0 Å².